The zero-order chi connectivity index (χ0) is 19.6. The van der Waals surface area contributed by atoms with Crippen LogP contribution in [0.2, 0.25) is 0 Å². The van der Waals surface area contributed by atoms with Crippen LogP contribution >= 0.6 is 0 Å². The van der Waals surface area contributed by atoms with Crippen molar-refractivity contribution in [2.45, 2.75) is 6.61 Å². The SMILES string of the molecule is OCc1cccc(-c2nc3c(N4CCOCC4)nc(N4CCOCC4)nc3[nH]2)c1. The Labute approximate surface area is 168 Å². The molecular formula is C20H24N6O3. The molecule has 2 saturated heterocycles. The molecule has 2 fully saturated rings. The van der Waals surface area contributed by atoms with Crippen molar-refractivity contribution in [1.29, 1.82) is 0 Å². The van der Waals surface area contributed by atoms with Crippen molar-refractivity contribution in [2.75, 3.05) is 62.4 Å². The number of fused-ring (bicyclic) bond motifs is 1. The third-order valence-corrected chi connectivity index (χ3v) is 5.30. The summed E-state index contributed by atoms with van der Waals surface area (Å²) in [6.07, 6.45) is 0. The summed E-state index contributed by atoms with van der Waals surface area (Å²) in [7, 11) is 0. The molecule has 0 atom stereocenters. The van der Waals surface area contributed by atoms with Crippen LogP contribution in [0, 0.1) is 0 Å². The van der Waals surface area contributed by atoms with Gasteiger partial charge in [-0.25, -0.2) is 4.98 Å². The Morgan fingerprint density at radius 3 is 2.38 bits per heavy atom. The molecule has 2 N–H and O–H groups in total. The molecule has 0 saturated carbocycles. The van der Waals surface area contributed by atoms with Crippen molar-refractivity contribution in [2.24, 2.45) is 0 Å². The van der Waals surface area contributed by atoms with Crippen LogP contribution in [0.15, 0.2) is 24.3 Å². The second kappa shape index (κ2) is 7.94. The lowest BCUT2D eigenvalue weighted by Crippen LogP contribution is -2.39. The number of aromatic amines is 1. The van der Waals surface area contributed by atoms with Gasteiger partial charge in [-0.05, 0) is 11.6 Å². The third kappa shape index (κ3) is 3.64. The van der Waals surface area contributed by atoms with Crippen molar-refractivity contribution >= 4 is 22.9 Å². The van der Waals surface area contributed by atoms with Crippen molar-refractivity contribution in [1.82, 2.24) is 19.9 Å². The van der Waals surface area contributed by atoms with E-state index in [1.54, 1.807) is 0 Å². The summed E-state index contributed by atoms with van der Waals surface area (Å²) in [6.45, 7) is 5.79. The summed E-state index contributed by atoms with van der Waals surface area (Å²) in [6, 6.07) is 7.72. The highest BCUT2D eigenvalue weighted by Gasteiger charge is 2.23. The van der Waals surface area contributed by atoms with Crippen molar-refractivity contribution < 1.29 is 14.6 Å². The molecule has 2 aromatic heterocycles. The number of nitrogens with zero attached hydrogens (tertiary/aromatic N) is 5. The van der Waals surface area contributed by atoms with E-state index in [4.69, 9.17) is 24.4 Å². The third-order valence-electron chi connectivity index (χ3n) is 5.30. The van der Waals surface area contributed by atoms with Gasteiger partial charge in [-0.2, -0.15) is 9.97 Å². The maximum atomic E-state index is 9.46. The Morgan fingerprint density at radius 1 is 0.931 bits per heavy atom. The number of H-pyrrole nitrogens is 1. The Balaban J connectivity index is 1.61. The van der Waals surface area contributed by atoms with Gasteiger partial charge < -0.3 is 29.4 Å². The van der Waals surface area contributed by atoms with E-state index in [2.05, 4.69) is 14.8 Å². The first-order chi connectivity index (χ1) is 14.3. The van der Waals surface area contributed by atoms with E-state index in [1.165, 1.54) is 0 Å². The lowest BCUT2D eigenvalue weighted by atomic mass is 10.1. The number of aliphatic hydroxyl groups is 1. The largest absolute Gasteiger partial charge is 0.392 e. The van der Waals surface area contributed by atoms with Crippen LogP contribution in [0.25, 0.3) is 22.6 Å². The second-order valence-electron chi connectivity index (χ2n) is 7.19. The molecule has 2 aliphatic rings. The summed E-state index contributed by atoms with van der Waals surface area (Å²) in [5, 5.41) is 9.46. The molecule has 4 heterocycles. The minimum Gasteiger partial charge on any atom is -0.392 e. The van der Waals surface area contributed by atoms with Gasteiger partial charge in [0.05, 0.1) is 33.0 Å². The van der Waals surface area contributed by atoms with E-state index >= 15 is 0 Å². The molecule has 152 valence electrons. The number of benzene rings is 1. The van der Waals surface area contributed by atoms with Crippen molar-refractivity contribution in [3.8, 4) is 11.4 Å². The molecule has 0 spiro atoms. The molecule has 9 nitrogen and oxygen atoms in total. The lowest BCUT2D eigenvalue weighted by Gasteiger charge is -2.30. The molecular weight excluding hydrogens is 372 g/mol. The number of aromatic nitrogens is 4. The first-order valence-corrected chi connectivity index (χ1v) is 9.95. The van der Waals surface area contributed by atoms with Crippen LogP contribution in [0.4, 0.5) is 11.8 Å². The van der Waals surface area contributed by atoms with Gasteiger partial charge in [-0.15, -0.1) is 0 Å². The molecule has 1 aromatic carbocycles. The van der Waals surface area contributed by atoms with Gasteiger partial charge in [0.25, 0.3) is 0 Å². The lowest BCUT2D eigenvalue weighted by molar-refractivity contribution is 0.121. The minimum atomic E-state index is -0.00587. The summed E-state index contributed by atoms with van der Waals surface area (Å²) < 4.78 is 11.0. The van der Waals surface area contributed by atoms with E-state index in [9.17, 15) is 5.11 Å². The number of nitrogens with one attached hydrogen (secondary N) is 1. The zero-order valence-electron chi connectivity index (χ0n) is 16.2. The smallest absolute Gasteiger partial charge is 0.229 e. The summed E-state index contributed by atoms with van der Waals surface area (Å²) >= 11 is 0. The van der Waals surface area contributed by atoms with Gasteiger partial charge in [-0.1, -0.05) is 18.2 Å². The van der Waals surface area contributed by atoms with E-state index in [-0.39, 0.29) is 6.61 Å². The highest BCUT2D eigenvalue weighted by atomic mass is 16.5. The van der Waals surface area contributed by atoms with Crippen molar-refractivity contribution in [3.63, 3.8) is 0 Å². The molecule has 0 amide bonds. The standard InChI is InChI=1S/C20H24N6O3/c27-13-14-2-1-3-15(12-14)17-21-16-18(22-17)23-20(26-6-10-29-11-7-26)24-19(16)25-4-8-28-9-5-25/h1-3,12,27H,4-11,13H2,(H,21,22,23,24). The zero-order valence-corrected chi connectivity index (χ0v) is 16.2. The van der Waals surface area contributed by atoms with Crippen LogP contribution in [0.3, 0.4) is 0 Å². The van der Waals surface area contributed by atoms with E-state index in [0.29, 0.717) is 38.0 Å². The number of anilines is 2. The van der Waals surface area contributed by atoms with E-state index < -0.39 is 0 Å². The van der Waals surface area contributed by atoms with E-state index in [1.807, 2.05) is 24.3 Å². The van der Waals surface area contributed by atoms with Crippen molar-refractivity contribution in [3.05, 3.63) is 29.8 Å². The number of imidazole rings is 1. The monoisotopic (exact) mass is 396 g/mol. The highest BCUT2D eigenvalue weighted by molar-refractivity contribution is 5.87. The maximum absolute atomic E-state index is 9.46. The molecule has 0 aliphatic carbocycles. The minimum absolute atomic E-state index is 0.00587. The van der Waals surface area contributed by atoms with Gasteiger partial charge in [0.2, 0.25) is 5.95 Å². The van der Waals surface area contributed by atoms with E-state index in [0.717, 1.165) is 54.5 Å². The molecule has 2 aliphatic heterocycles. The molecule has 5 rings (SSSR count). The summed E-state index contributed by atoms with van der Waals surface area (Å²) in [5.74, 6) is 2.25. The van der Waals surface area contributed by atoms with Gasteiger partial charge in [0, 0.05) is 31.7 Å². The fourth-order valence-corrected chi connectivity index (χ4v) is 3.73. The predicted molar refractivity (Wildman–Crippen MR) is 109 cm³/mol. The Kier molecular flexibility index (Phi) is 5.01. The van der Waals surface area contributed by atoms with Crippen LogP contribution in [-0.4, -0.2) is 77.6 Å². The number of aliphatic hydroxyl groups excluding tert-OH is 1. The molecule has 29 heavy (non-hydrogen) atoms. The van der Waals surface area contributed by atoms with Crippen LogP contribution in [-0.2, 0) is 16.1 Å². The Morgan fingerprint density at radius 2 is 1.66 bits per heavy atom. The number of hydrogen-bond donors (Lipinski definition) is 2. The van der Waals surface area contributed by atoms with Crippen LogP contribution in [0.1, 0.15) is 5.56 Å². The summed E-state index contributed by atoms with van der Waals surface area (Å²) in [5.41, 5.74) is 3.23. The first-order valence-electron chi connectivity index (χ1n) is 9.95. The first kappa shape index (κ1) is 18.3. The van der Waals surface area contributed by atoms with Crippen LogP contribution in [0.5, 0.6) is 0 Å². The number of morpholine rings is 2. The topological polar surface area (TPSA) is 99.6 Å². The van der Waals surface area contributed by atoms with Gasteiger partial charge in [0.15, 0.2) is 17.0 Å². The fraction of sp³-hybridized carbons (Fsp3) is 0.450. The van der Waals surface area contributed by atoms with Gasteiger partial charge >= 0.3 is 0 Å². The molecule has 0 unspecified atom stereocenters. The van der Waals surface area contributed by atoms with Gasteiger partial charge in [-0.3, -0.25) is 0 Å². The van der Waals surface area contributed by atoms with Crippen LogP contribution < -0.4 is 9.80 Å². The Bertz CT molecular complexity index is 995. The molecule has 0 bridgehead atoms. The molecule has 0 radical (unpaired) electrons. The average Bonchev–Trinajstić information content (AvgIpc) is 3.24. The fourth-order valence-electron chi connectivity index (χ4n) is 3.73. The molecule has 3 aromatic rings. The normalized spacial score (nSPS) is 17.8. The summed E-state index contributed by atoms with van der Waals surface area (Å²) in [4.78, 5) is 22.2. The number of ether oxygens (including phenoxy) is 2. The highest BCUT2D eigenvalue weighted by Crippen LogP contribution is 2.29. The second-order valence-corrected chi connectivity index (χ2v) is 7.19. The maximum Gasteiger partial charge on any atom is 0.229 e. The number of rotatable bonds is 4. The average molecular weight is 396 g/mol. The van der Waals surface area contributed by atoms with Gasteiger partial charge in [0.1, 0.15) is 5.82 Å². The number of hydrogen-bond acceptors (Lipinski definition) is 8. The Hall–Kier alpha value is -2.75. The predicted octanol–water partition coefficient (Wildman–Crippen LogP) is 1.19. The quantitative estimate of drug-likeness (QED) is 0.678. The molecule has 9 heteroatoms.